The van der Waals surface area contributed by atoms with Crippen LogP contribution in [0.15, 0.2) is 0 Å². The van der Waals surface area contributed by atoms with Gasteiger partial charge in [-0.25, -0.2) is 0 Å². The first kappa shape index (κ1) is 13.4. The quantitative estimate of drug-likeness (QED) is 0.637. The number of aliphatic hydroxyl groups excluding tert-OH is 1. The van der Waals surface area contributed by atoms with Gasteiger partial charge < -0.3 is 5.11 Å². The van der Waals surface area contributed by atoms with Gasteiger partial charge in [0, 0.05) is 0 Å². The smallest absolute Gasteiger partial charge is 0.0776 e. The van der Waals surface area contributed by atoms with Crippen LogP contribution in [0.4, 0.5) is 0 Å². The largest absolute Gasteiger partial charge is 0.391 e. The summed E-state index contributed by atoms with van der Waals surface area (Å²) in [6, 6.07) is 2.14. The zero-order valence-corrected chi connectivity index (χ0v) is 9.71. The van der Waals surface area contributed by atoms with Crippen LogP contribution in [0.3, 0.4) is 0 Å². The summed E-state index contributed by atoms with van der Waals surface area (Å²) < 4.78 is 0. The van der Waals surface area contributed by atoms with Crippen molar-refractivity contribution in [2.24, 2.45) is 5.41 Å². The summed E-state index contributed by atoms with van der Waals surface area (Å²) in [5.74, 6) is 0. The van der Waals surface area contributed by atoms with E-state index in [1.165, 1.54) is 25.7 Å². The highest BCUT2D eigenvalue weighted by Crippen LogP contribution is 2.23. The summed E-state index contributed by atoms with van der Waals surface area (Å²) in [7, 11) is 0. The van der Waals surface area contributed by atoms with Gasteiger partial charge in [-0.2, -0.15) is 5.26 Å². The van der Waals surface area contributed by atoms with E-state index in [9.17, 15) is 5.11 Å². The van der Waals surface area contributed by atoms with Gasteiger partial charge >= 0.3 is 0 Å². The maximum absolute atomic E-state index is 9.71. The van der Waals surface area contributed by atoms with Crippen LogP contribution in [-0.4, -0.2) is 11.2 Å². The van der Waals surface area contributed by atoms with E-state index in [0.29, 0.717) is 0 Å². The summed E-state index contributed by atoms with van der Waals surface area (Å²) in [5.41, 5.74) is -0.593. The number of hydrogen-bond donors (Lipinski definition) is 1. The molecule has 0 amide bonds. The predicted molar refractivity (Wildman–Crippen MR) is 58.8 cm³/mol. The van der Waals surface area contributed by atoms with E-state index in [0.717, 1.165) is 12.8 Å². The summed E-state index contributed by atoms with van der Waals surface area (Å²) >= 11 is 0. The number of nitrogens with zero attached hydrogens (tertiary/aromatic N) is 1. The van der Waals surface area contributed by atoms with Crippen molar-refractivity contribution in [2.75, 3.05) is 0 Å². The zero-order valence-electron chi connectivity index (χ0n) is 9.71. The van der Waals surface area contributed by atoms with Crippen LogP contribution in [-0.2, 0) is 0 Å². The molecule has 0 fully saturated rings. The normalized spacial score (nSPS) is 13.6. The Hall–Kier alpha value is -0.550. The summed E-state index contributed by atoms with van der Waals surface area (Å²) in [5, 5.41) is 18.5. The van der Waals surface area contributed by atoms with Crippen molar-refractivity contribution in [2.45, 2.75) is 65.4 Å². The molecule has 1 N–H and O–H groups in total. The van der Waals surface area contributed by atoms with Crippen molar-refractivity contribution in [3.8, 4) is 6.07 Å². The highest BCUT2D eigenvalue weighted by molar-refractivity contribution is 4.96. The second-order valence-electron chi connectivity index (χ2n) is 4.55. The van der Waals surface area contributed by atoms with Crippen LogP contribution < -0.4 is 0 Å². The molecule has 0 bridgehead atoms. The highest BCUT2D eigenvalue weighted by atomic mass is 16.3. The Morgan fingerprint density at radius 2 is 1.79 bits per heavy atom. The fourth-order valence-electron chi connectivity index (χ4n) is 1.38. The molecule has 0 aliphatic rings. The lowest BCUT2D eigenvalue weighted by atomic mass is 9.85. The average molecular weight is 197 g/mol. The Morgan fingerprint density at radius 3 is 2.29 bits per heavy atom. The van der Waals surface area contributed by atoms with Gasteiger partial charge in [-0.3, -0.25) is 0 Å². The summed E-state index contributed by atoms with van der Waals surface area (Å²) in [6.07, 6.45) is 6.25. The molecule has 0 radical (unpaired) electrons. The van der Waals surface area contributed by atoms with Gasteiger partial charge in [-0.05, 0) is 20.3 Å². The standard InChI is InChI=1S/C12H23NO/c1-4-5-6-7-8-9-11(14)12(2,3)10-13/h11,14H,4-9H2,1-3H3. The number of rotatable bonds is 7. The molecule has 0 rings (SSSR count). The van der Waals surface area contributed by atoms with Crippen LogP contribution in [0.5, 0.6) is 0 Å². The third kappa shape index (κ3) is 5.24. The van der Waals surface area contributed by atoms with E-state index < -0.39 is 11.5 Å². The van der Waals surface area contributed by atoms with Gasteiger partial charge in [0.05, 0.1) is 17.6 Å². The van der Waals surface area contributed by atoms with Crippen molar-refractivity contribution in [1.82, 2.24) is 0 Å². The van der Waals surface area contributed by atoms with Gasteiger partial charge in [0.1, 0.15) is 0 Å². The SMILES string of the molecule is CCCCCCCC(O)C(C)(C)C#N. The first-order chi connectivity index (χ1) is 6.54. The molecular formula is C12H23NO. The molecule has 2 nitrogen and oxygen atoms in total. The Kier molecular flexibility index (Phi) is 6.57. The molecule has 0 aliphatic carbocycles. The second-order valence-corrected chi connectivity index (χ2v) is 4.55. The number of aliphatic hydroxyl groups is 1. The molecule has 0 aromatic rings. The molecular weight excluding hydrogens is 174 g/mol. The minimum absolute atomic E-state index is 0.478. The lowest BCUT2D eigenvalue weighted by Crippen LogP contribution is -2.27. The first-order valence-corrected chi connectivity index (χ1v) is 5.64. The third-order valence-electron chi connectivity index (χ3n) is 2.70. The van der Waals surface area contributed by atoms with Crippen LogP contribution in [0, 0.1) is 16.7 Å². The van der Waals surface area contributed by atoms with Crippen LogP contribution in [0.2, 0.25) is 0 Å². The lowest BCUT2D eigenvalue weighted by molar-refractivity contribution is 0.0758. The molecule has 0 saturated heterocycles. The van der Waals surface area contributed by atoms with E-state index in [2.05, 4.69) is 13.0 Å². The molecule has 1 unspecified atom stereocenters. The molecule has 82 valence electrons. The Balaban J connectivity index is 3.55. The monoisotopic (exact) mass is 197 g/mol. The van der Waals surface area contributed by atoms with Crippen LogP contribution in [0.25, 0.3) is 0 Å². The number of unbranched alkanes of at least 4 members (excludes halogenated alkanes) is 4. The van der Waals surface area contributed by atoms with E-state index in [4.69, 9.17) is 5.26 Å². The molecule has 14 heavy (non-hydrogen) atoms. The fourth-order valence-corrected chi connectivity index (χ4v) is 1.38. The van der Waals surface area contributed by atoms with Crippen LogP contribution in [0.1, 0.15) is 59.3 Å². The fraction of sp³-hybridized carbons (Fsp3) is 0.917. The molecule has 0 aliphatic heterocycles. The molecule has 0 aromatic heterocycles. The lowest BCUT2D eigenvalue weighted by Gasteiger charge is -2.22. The van der Waals surface area contributed by atoms with Crippen molar-refractivity contribution in [1.29, 1.82) is 5.26 Å². The maximum Gasteiger partial charge on any atom is 0.0776 e. The van der Waals surface area contributed by atoms with E-state index >= 15 is 0 Å². The Bertz CT molecular complexity index is 181. The minimum atomic E-state index is -0.593. The number of nitriles is 1. The van der Waals surface area contributed by atoms with Crippen molar-refractivity contribution in [3.63, 3.8) is 0 Å². The van der Waals surface area contributed by atoms with Gasteiger partial charge in [-0.1, -0.05) is 39.0 Å². The highest BCUT2D eigenvalue weighted by Gasteiger charge is 2.26. The molecule has 0 saturated carbocycles. The van der Waals surface area contributed by atoms with E-state index in [-0.39, 0.29) is 0 Å². The minimum Gasteiger partial charge on any atom is -0.391 e. The second kappa shape index (κ2) is 6.84. The molecule has 2 heteroatoms. The topological polar surface area (TPSA) is 44.0 Å². The Labute approximate surface area is 87.9 Å². The predicted octanol–water partition coefficient (Wildman–Crippen LogP) is 3.26. The van der Waals surface area contributed by atoms with E-state index in [1.54, 1.807) is 13.8 Å². The number of hydrogen-bond acceptors (Lipinski definition) is 2. The van der Waals surface area contributed by atoms with Gasteiger partial charge in [-0.15, -0.1) is 0 Å². The Morgan fingerprint density at radius 1 is 1.21 bits per heavy atom. The zero-order chi connectivity index (χ0) is 11.0. The van der Waals surface area contributed by atoms with Crippen molar-refractivity contribution in [3.05, 3.63) is 0 Å². The van der Waals surface area contributed by atoms with Gasteiger partial charge in [0.25, 0.3) is 0 Å². The summed E-state index contributed by atoms with van der Waals surface area (Å²) in [6.45, 7) is 5.78. The van der Waals surface area contributed by atoms with Gasteiger partial charge in [0.2, 0.25) is 0 Å². The van der Waals surface area contributed by atoms with Crippen molar-refractivity contribution < 1.29 is 5.11 Å². The maximum atomic E-state index is 9.71. The summed E-state index contributed by atoms with van der Waals surface area (Å²) in [4.78, 5) is 0. The van der Waals surface area contributed by atoms with Crippen molar-refractivity contribution >= 4 is 0 Å². The first-order valence-electron chi connectivity index (χ1n) is 5.64. The van der Waals surface area contributed by atoms with E-state index in [1.807, 2.05) is 0 Å². The third-order valence-corrected chi connectivity index (χ3v) is 2.70. The molecule has 0 aromatic carbocycles. The molecule has 0 heterocycles. The van der Waals surface area contributed by atoms with Crippen LogP contribution >= 0.6 is 0 Å². The average Bonchev–Trinajstić information content (AvgIpc) is 2.17. The van der Waals surface area contributed by atoms with Gasteiger partial charge in [0.15, 0.2) is 0 Å². The molecule has 1 atom stereocenters. The molecule has 0 spiro atoms.